The summed E-state index contributed by atoms with van der Waals surface area (Å²) in [6.07, 6.45) is 7.83. The van der Waals surface area contributed by atoms with Gasteiger partial charge in [0.25, 0.3) is 0 Å². The summed E-state index contributed by atoms with van der Waals surface area (Å²) < 4.78 is 14.8. The Morgan fingerprint density at radius 2 is 1.80 bits per heavy atom. The number of rotatable bonds is 6. The molecule has 0 spiro atoms. The van der Waals surface area contributed by atoms with Crippen molar-refractivity contribution in [3.8, 4) is 33.8 Å². The van der Waals surface area contributed by atoms with Crippen LogP contribution >= 0.6 is 0 Å². The predicted molar refractivity (Wildman–Crippen MR) is 156 cm³/mol. The summed E-state index contributed by atoms with van der Waals surface area (Å²) in [6.45, 7) is 2.72. The molecule has 2 aromatic carbocycles. The molecule has 7 rings (SSSR count). The molecule has 6 aromatic rings. The Morgan fingerprint density at radius 3 is 2.65 bits per heavy atom. The number of aromatic nitrogens is 6. The SMILES string of the molecule is CN(C)Cc1cncc(-c2cnc3n[nH]c(-c4nc5c(-c6cc(F)cc(N7CCCC7)c6)cccc5[nH]4)c3c2)c1. The molecule has 1 aliphatic rings. The molecule has 0 atom stereocenters. The van der Waals surface area contributed by atoms with Crippen LogP contribution in [0.1, 0.15) is 18.4 Å². The monoisotopic (exact) mass is 532 g/mol. The fraction of sp³-hybridized carbons (Fsp3) is 0.226. The Morgan fingerprint density at radius 1 is 0.950 bits per heavy atom. The summed E-state index contributed by atoms with van der Waals surface area (Å²) in [5.41, 5.74) is 8.70. The van der Waals surface area contributed by atoms with Crippen molar-refractivity contribution in [2.75, 3.05) is 32.1 Å². The maximum Gasteiger partial charge on any atom is 0.181 e. The normalized spacial score (nSPS) is 13.8. The molecule has 1 aliphatic heterocycles. The molecule has 0 unspecified atom stereocenters. The van der Waals surface area contributed by atoms with Gasteiger partial charge in [0.2, 0.25) is 0 Å². The molecular formula is C31H29FN8. The van der Waals surface area contributed by atoms with Crippen LogP contribution in [0, 0.1) is 5.82 Å². The lowest BCUT2D eigenvalue weighted by Gasteiger charge is -2.18. The number of hydrogen-bond acceptors (Lipinski definition) is 6. The summed E-state index contributed by atoms with van der Waals surface area (Å²) >= 11 is 0. The summed E-state index contributed by atoms with van der Waals surface area (Å²) in [7, 11) is 4.08. The molecule has 2 N–H and O–H groups in total. The van der Waals surface area contributed by atoms with Crippen LogP contribution < -0.4 is 4.90 Å². The van der Waals surface area contributed by atoms with E-state index in [0.717, 1.165) is 88.1 Å². The minimum atomic E-state index is -0.241. The van der Waals surface area contributed by atoms with Crippen molar-refractivity contribution in [1.82, 2.24) is 35.0 Å². The second-order valence-electron chi connectivity index (χ2n) is 10.7. The standard InChI is InChI=1S/C31H29FN8/c1-39(2)18-19-10-21(16-33-15-19)22-13-26-29(37-38-30(26)34-17-22)31-35-27-7-5-6-25(28(27)36-31)20-11-23(32)14-24(12-20)40-8-3-4-9-40/h5-7,10-17H,3-4,8-9,18H2,1-2H3,(H,35,36)(H,34,37,38). The molecular weight excluding hydrogens is 503 g/mol. The van der Waals surface area contributed by atoms with Crippen LogP contribution in [0.3, 0.4) is 0 Å². The lowest BCUT2D eigenvalue weighted by atomic mass is 10.0. The van der Waals surface area contributed by atoms with Gasteiger partial charge in [-0.1, -0.05) is 12.1 Å². The number of pyridine rings is 2. The summed E-state index contributed by atoms with van der Waals surface area (Å²) in [5, 5.41) is 8.42. The molecule has 5 heterocycles. The highest BCUT2D eigenvalue weighted by Gasteiger charge is 2.18. The van der Waals surface area contributed by atoms with Crippen LogP contribution in [0.2, 0.25) is 0 Å². The van der Waals surface area contributed by atoms with Crippen molar-refractivity contribution in [3.05, 3.63) is 78.5 Å². The molecule has 9 heteroatoms. The van der Waals surface area contributed by atoms with Gasteiger partial charge in [-0.3, -0.25) is 10.1 Å². The number of nitrogens with zero attached hydrogens (tertiary/aromatic N) is 6. The predicted octanol–water partition coefficient (Wildman–Crippen LogP) is 6.03. The Bertz CT molecular complexity index is 1850. The lowest BCUT2D eigenvalue weighted by molar-refractivity contribution is 0.402. The number of benzene rings is 2. The van der Waals surface area contributed by atoms with E-state index in [2.05, 4.69) is 53.1 Å². The van der Waals surface area contributed by atoms with E-state index in [9.17, 15) is 4.39 Å². The minimum absolute atomic E-state index is 0.241. The van der Waals surface area contributed by atoms with Gasteiger partial charge in [0, 0.05) is 60.6 Å². The van der Waals surface area contributed by atoms with E-state index in [1.54, 1.807) is 12.1 Å². The van der Waals surface area contributed by atoms with Crippen LogP contribution in [0.15, 0.2) is 67.1 Å². The Kier molecular flexibility index (Phi) is 6.00. The van der Waals surface area contributed by atoms with E-state index in [1.165, 1.54) is 0 Å². The molecule has 0 saturated carbocycles. The number of H-pyrrole nitrogens is 2. The first kappa shape index (κ1) is 24.4. The van der Waals surface area contributed by atoms with Crippen molar-refractivity contribution in [2.45, 2.75) is 19.4 Å². The van der Waals surface area contributed by atoms with Gasteiger partial charge in [-0.15, -0.1) is 0 Å². The Hall–Kier alpha value is -4.63. The molecule has 40 heavy (non-hydrogen) atoms. The van der Waals surface area contributed by atoms with Gasteiger partial charge in [0.15, 0.2) is 11.5 Å². The van der Waals surface area contributed by atoms with Gasteiger partial charge in [0.05, 0.1) is 16.4 Å². The summed E-state index contributed by atoms with van der Waals surface area (Å²) in [5.74, 6) is 0.411. The molecule has 4 aromatic heterocycles. The second-order valence-corrected chi connectivity index (χ2v) is 10.7. The van der Waals surface area contributed by atoms with Crippen LogP contribution in [0.4, 0.5) is 10.1 Å². The zero-order valence-electron chi connectivity index (χ0n) is 22.4. The zero-order chi connectivity index (χ0) is 27.2. The third-order valence-corrected chi connectivity index (χ3v) is 7.45. The van der Waals surface area contributed by atoms with Gasteiger partial charge >= 0.3 is 0 Å². The summed E-state index contributed by atoms with van der Waals surface area (Å²) in [4.78, 5) is 21.8. The Balaban J connectivity index is 1.30. The highest BCUT2D eigenvalue weighted by atomic mass is 19.1. The van der Waals surface area contributed by atoms with Crippen LogP contribution in [0.5, 0.6) is 0 Å². The van der Waals surface area contributed by atoms with Crippen molar-refractivity contribution >= 4 is 27.8 Å². The molecule has 0 bridgehead atoms. The summed E-state index contributed by atoms with van der Waals surface area (Å²) in [6, 6.07) is 15.4. The highest BCUT2D eigenvalue weighted by Crippen LogP contribution is 2.35. The second kappa shape index (κ2) is 9.84. The first-order chi connectivity index (χ1) is 19.5. The Labute approximate surface area is 230 Å². The molecule has 0 amide bonds. The van der Waals surface area contributed by atoms with Crippen molar-refractivity contribution in [2.24, 2.45) is 0 Å². The first-order valence-electron chi connectivity index (χ1n) is 13.5. The topological polar surface area (TPSA) is 89.6 Å². The molecule has 1 fully saturated rings. The first-order valence-corrected chi connectivity index (χ1v) is 13.5. The maximum absolute atomic E-state index is 14.8. The zero-order valence-corrected chi connectivity index (χ0v) is 22.4. The highest BCUT2D eigenvalue weighted by molar-refractivity contribution is 5.97. The number of fused-ring (bicyclic) bond motifs is 2. The van der Waals surface area contributed by atoms with E-state index < -0.39 is 0 Å². The van der Waals surface area contributed by atoms with Gasteiger partial charge < -0.3 is 14.8 Å². The van der Waals surface area contributed by atoms with Gasteiger partial charge in [-0.05, 0) is 74.5 Å². The van der Waals surface area contributed by atoms with Crippen LogP contribution in [0.25, 0.3) is 55.8 Å². The largest absolute Gasteiger partial charge is 0.371 e. The van der Waals surface area contributed by atoms with E-state index in [0.29, 0.717) is 11.5 Å². The number of anilines is 1. The van der Waals surface area contributed by atoms with E-state index in [1.807, 2.05) is 50.9 Å². The molecule has 8 nitrogen and oxygen atoms in total. The van der Waals surface area contributed by atoms with E-state index in [-0.39, 0.29) is 5.82 Å². The van der Waals surface area contributed by atoms with E-state index >= 15 is 0 Å². The maximum atomic E-state index is 14.8. The number of imidazole rings is 1. The molecule has 1 saturated heterocycles. The van der Waals surface area contributed by atoms with Gasteiger partial charge in [0.1, 0.15) is 11.5 Å². The van der Waals surface area contributed by atoms with Crippen molar-refractivity contribution < 1.29 is 4.39 Å². The minimum Gasteiger partial charge on any atom is -0.371 e. The smallest absolute Gasteiger partial charge is 0.181 e. The fourth-order valence-electron chi connectivity index (χ4n) is 5.61. The molecule has 200 valence electrons. The third kappa shape index (κ3) is 4.48. The lowest BCUT2D eigenvalue weighted by Crippen LogP contribution is -2.17. The number of para-hydroxylation sites is 1. The number of halogens is 1. The van der Waals surface area contributed by atoms with Crippen LogP contribution in [-0.4, -0.2) is 62.2 Å². The quantitative estimate of drug-likeness (QED) is 0.272. The van der Waals surface area contributed by atoms with Crippen molar-refractivity contribution in [1.29, 1.82) is 0 Å². The average Bonchev–Trinajstić information content (AvgIpc) is 3.71. The van der Waals surface area contributed by atoms with E-state index in [4.69, 9.17) is 4.98 Å². The van der Waals surface area contributed by atoms with Gasteiger partial charge in [-0.2, -0.15) is 5.10 Å². The average molecular weight is 533 g/mol. The number of aromatic amines is 2. The fourth-order valence-corrected chi connectivity index (χ4v) is 5.61. The van der Waals surface area contributed by atoms with Crippen molar-refractivity contribution in [3.63, 3.8) is 0 Å². The number of nitrogens with one attached hydrogen (secondary N) is 2. The third-order valence-electron chi connectivity index (χ3n) is 7.45. The molecule has 0 radical (unpaired) electrons. The van der Waals surface area contributed by atoms with Gasteiger partial charge in [-0.25, -0.2) is 14.4 Å². The molecule has 0 aliphatic carbocycles. The van der Waals surface area contributed by atoms with Crippen LogP contribution in [-0.2, 0) is 6.54 Å². The number of hydrogen-bond donors (Lipinski definition) is 2.